The summed E-state index contributed by atoms with van der Waals surface area (Å²) in [7, 11) is 2.11. The normalized spacial score (nSPS) is 10.1. The van der Waals surface area contributed by atoms with Crippen molar-refractivity contribution in [1.29, 1.82) is 0 Å². The second kappa shape index (κ2) is 5.13. The van der Waals surface area contributed by atoms with Crippen molar-refractivity contribution < 1.29 is 0 Å². The van der Waals surface area contributed by atoms with Crippen LogP contribution in [0.3, 0.4) is 0 Å². The second-order valence-electron chi connectivity index (χ2n) is 3.25. The van der Waals surface area contributed by atoms with Gasteiger partial charge in [0.2, 0.25) is 0 Å². The summed E-state index contributed by atoms with van der Waals surface area (Å²) in [6, 6.07) is 7.97. The molecule has 1 rings (SSSR count). The molecule has 0 saturated heterocycles. The quantitative estimate of drug-likeness (QED) is 0.714. The molecule has 0 saturated carbocycles. The first kappa shape index (κ1) is 10.4. The maximum Gasteiger partial charge on any atom is 0.0407 e. The van der Waals surface area contributed by atoms with Crippen molar-refractivity contribution in [3.8, 4) is 0 Å². The number of nitrogens with zero attached hydrogens (tertiary/aromatic N) is 1. The highest BCUT2D eigenvalue weighted by atomic mass is 35.5. The van der Waals surface area contributed by atoms with Crippen LogP contribution in [0.25, 0.3) is 0 Å². The van der Waals surface area contributed by atoms with Crippen molar-refractivity contribution in [3.63, 3.8) is 0 Å². The van der Waals surface area contributed by atoms with Crippen LogP contribution in [0.2, 0.25) is 5.02 Å². The lowest BCUT2D eigenvalue weighted by Crippen LogP contribution is -2.17. The van der Waals surface area contributed by atoms with E-state index in [1.54, 1.807) is 0 Å². The van der Waals surface area contributed by atoms with Gasteiger partial charge in [-0.3, -0.25) is 0 Å². The van der Waals surface area contributed by atoms with Crippen molar-refractivity contribution in [2.24, 2.45) is 0 Å². The minimum atomic E-state index is 0.799. The summed E-state index contributed by atoms with van der Waals surface area (Å²) >= 11 is 5.80. The Morgan fingerprint density at radius 2 is 1.85 bits per heavy atom. The van der Waals surface area contributed by atoms with Crippen LogP contribution >= 0.6 is 11.6 Å². The Morgan fingerprint density at radius 1 is 1.23 bits per heavy atom. The predicted molar refractivity (Wildman–Crippen MR) is 59.6 cm³/mol. The van der Waals surface area contributed by atoms with Gasteiger partial charge in [-0.2, -0.15) is 0 Å². The lowest BCUT2D eigenvalue weighted by Gasteiger charge is -2.18. The average Bonchev–Trinajstić information content (AvgIpc) is 2.15. The van der Waals surface area contributed by atoms with Crippen molar-refractivity contribution >= 4 is 17.3 Å². The molecule has 0 aliphatic heterocycles. The number of rotatable bonds is 4. The number of halogens is 1. The molecule has 0 bridgehead atoms. The molecule has 1 aromatic rings. The van der Waals surface area contributed by atoms with Gasteiger partial charge in [-0.05, 0) is 30.7 Å². The van der Waals surface area contributed by atoms with Crippen LogP contribution in [-0.4, -0.2) is 13.6 Å². The predicted octanol–water partition coefficient (Wildman–Crippen LogP) is 3.58. The zero-order valence-electron chi connectivity index (χ0n) is 8.26. The third kappa shape index (κ3) is 3.27. The molecule has 0 atom stereocenters. The summed E-state index contributed by atoms with van der Waals surface area (Å²) in [5, 5.41) is 0.799. The van der Waals surface area contributed by atoms with Gasteiger partial charge in [0, 0.05) is 24.3 Å². The Bertz CT molecular complexity index is 243. The molecule has 0 aromatic heterocycles. The molecule has 2 heteroatoms. The van der Waals surface area contributed by atoms with Crippen LogP contribution in [0, 0.1) is 0 Å². The van der Waals surface area contributed by atoms with Gasteiger partial charge in [0.25, 0.3) is 0 Å². The van der Waals surface area contributed by atoms with Crippen LogP contribution in [-0.2, 0) is 0 Å². The van der Waals surface area contributed by atoms with E-state index in [-0.39, 0.29) is 0 Å². The largest absolute Gasteiger partial charge is 0.375 e. The van der Waals surface area contributed by atoms with E-state index in [9.17, 15) is 0 Å². The lowest BCUT2D eigenvalue weighted by atomic mass is 10.2. The zero-order valence-corrected chi connectivity index (χ0v) is 9.01. The van der Waals surface area contributed by atoms with E-state index in [0.717, 1.165) is 11.6 Å². The molecule has 0 spiro atoms. The van der Waals surface area contributed by atoms with E-state index in [1.807, 2.05) is 12.1 Å². The fourth-order valence-electron chi connectivity index (χ4n) is 1.22. The summed E-state index contributed by atoms with van der Waals surface area (Å²) < 4.78 is 0. The molecular formula is C11H16ClN. The highest BCUT2D eigenvalue weighted by molar-refractivity contribution is 6.30. The Balaban J connectivity index is 2.55. The Kier molecular flexibility index (Phi) is 4.10. The Morgan fingerprint density at radius 3 is 2.38 bits per heavy atom. The lowest BCUT2D eigenvalue weighted by molar-refractivity contribution is 0.767. The first-order valence-electron chi connectivity index (χ1n) is 4.70. The van der Waals surface area contributed by atoms with Gasteiger partial charge >= 0.3 is 0 Å². The maximum absolute atomic E-state index is 5.80. The van der Waals surface area contributed by atoms with E-state index >= 15 is 0 Å². The fourth-order valence-corrected chi connectivity index (χ4v) is 1.35. The molecule has 0 unspecified atom stereocenters. The highest BCUT2D eigenvalue weighted by Gasteiger charge is 1.98. The van der Waals surface area contributed by atoms with Gasteiger partial charge in [0.15, 0.2) is 0 Å². The summed E-state index contributed by atoms with van der Waals surface area (Å²) in [6.45, 7) is 3.31. The van der Waals surface area contributed by atoms with Crippen molar-refractivity contribution in [2.45, 2.75) is 19.8 Å². The molecule has 0 aliphatic carbocycles. The smallest absolute Gasteiger partial charge is 0.0407 e. The van der Waals surface area contributed by atoms with E-state index in [1.165, 1.54) is 18.5 Å². The number of unbranched alkanes of at least 4 members (excludes halogenated alkanes) is 1. The van der Waals surface area contributed by atoms with Gasteiger partial charge in [-0.1, -0.05) is 24.9 Å². The molecule has 1 aromatic carbocycles. The molecule has 0 radical (unpaired) electrons. The van der Waals surface area contributed by atoms with Crippen LogP contribution in [0.5, 0.6) is 0 Å². The number of hydrogen-bond donors (Lipinski definition) is 0. The molecule has 13 heavy (non-hydrogen) atoms. The number of benzene rings is 1. The first-order valence-corrected chi connectivity index (χ1v) is 5.08. The third-order valence-corrected chi connectivity index (χ3v) is 2.37. The molecular weight excluding hydrogens is 182 g/mol. The van der Waals surface area contributed by atoms with Crippen molar-refractivity contribution in [1.82, 2.24) is 0 Å². The Hall–Kier alpha value is -0.690. The SMILES string of the molecule is CCCCN(C)c1ccc(Cl)cc1. The van der Waals surface area contributed by atoms with E-state index in [2.05, 4.69) is 31.0 Å². The highest BCUT2D eigenvalue weighted by Crippen LogP contribution is 2.16. The van der Waals surface area contributed by atoms with E-state index < -0.39 is 0 Å². The number of hydrogen-bond acceptors (Lipinski definition) is 1. The minimum absolute atomic E-state index is 0.799. The summed E-state index contributed by atoms with van der Waals surface area (Å²) in [5.41, 5.74) is 1.23. The van der Waals surface area contributed by atoms with Gasteiger partial charge in [-0.15, -0.1) is 0 Å². The molecule has 72 valence electrons. The van der Waals surface area contributed by atoms with Crippen LogP contribution < -0.4 is 4.90 Å². The second-order valence-corrected chi connectivity index (χ2v) is 3.69. The van der Waals surface area contributed by atoms with Crippen LogP contribution in [0.15, 0.2) is 24.3 Å². The van der Waals surface area contributed by atoms with Crippen LogP contribution in [0.4, 0.5) is 5.69 Å². The summed E-state index contributed by atoms with van der Waals surface area (Å²) in [4.78, 5) is 2.25. The van der Waals surface area contributed by atoms with Crippen molar-refractivity contribution in [3.05, 3.63) is 29.3 Å². The molecule has 0 heterocycles. The van der Waals surface area contributed by atoms with E-state index in [0.29, 0.717) is 0 Å². The van der Waals surface area contributed by atoms with Gasteiger partial charge in [-0.25, -0.2) is 0 Å². The maximum atomic E-state index is 5.80. The van der Waals surface area contributed by atoms with Crippen molar-refractivity contribution in [2.75, 3.05) is 18.5 Å². The minimum Gasteiger partial charge on any atom is -0.375 e. The van der Waals surface area contributed by atoms with Gasteiger partial charge in [0.1, 0.15) is 0 Å². The molecule has 0 N–H and O–H groups in total. The molecule has 0 aliphatic rings. The van der Waals surface area contributed by atoms with Crippen LogP contribution in [0.1, 0.15) is 19.8 Å². The third-order valence-electron chi connectivity index (χ3n) is 2.11. The first-order chi connectivity index (χ1) is 6.24. The topological polar surface area (TPSA) is 3.24 Å². The average molecular weight is 198 g/mol. The molecule has 1 nitrogen and oxygen atoms in total. The van der Waals surface area contributed by atoms with Gasteiger partial charge < -0.3 is 4.90 Å². The fraction of sp³-hybridized carbons (Fsp3) is 0.455. The standard InChI is InChI=1S/C11H16ClN/c1-3-4-9-13(2)11-7-5-10(12)6-8-11/h5-8H,3-4,9H2,1-2H3. The summed E-state index contributed by atoms with van der Waals surface area (Å²) in [5.74, 6) is 0. The monoisotopic (exact) mass is 197 g/mol. The van der Waals surface area contributed by atoms with E-state index in [4.69, 9.17) is 11.6 Å². The molecule has 0 fully saturated rings. The molecule has 0 amide bonds. The Labute approximate surface area is 85.3 Å². The summed E-state index contributed by atoms with van der Waals surface area (Å²) in [6.07, 6.45) is 2.47. The number of anilines is 1. The zero-order chi connectivity index (χ0) is 9.68. The van der Waals surface area contributed by atoms with Gasteiger partial charge in [0.05, 0.1) is 0 Å².